The molecule has 4 nitrogen and oxygen atoms in total. The van der Waals surface area contributed by atoms with Crippen LogP contribution >= 0.6 is 11.8 Å². The van der Waals surface area contributed by atoms with E-state index in [2.05, 4.69) is 15.0 Å². The molecule has 0 amide bonds. The molecule has 0 radical (unpaired) electrons. The van der Waals surface area contributed by atoms with Gasteiger partial charge in [-0.15, -0.1) is 0 Å². The van der Waals surface area contributed by atoms with Crippen molar-refractivity contribution in [1.29, 1.82) is 0 Å². The molecule has 2 aromatic heterocycles. The summed E-state index contributed by atoms with van der Waals surface area (Å²) >= 11 is 1.41. The Labute approximate surface area is 117 Å². The second-order valence-corrected chi connectivity index (χ2v) is 5.49. The van der Waals surface area contributed by atoms with E-state index in [0.29, 0.717) is 5.16 Å². The lowest BCUT2D eigenvalue weighted by Gasteiger charge is -2.08. The Morgan fingerprint density at radius 2 is 1.79 bits per heavy atom. The standard InChI is InChI=1S/C14H17N3OS/c1-8-9(2)16-14(17-10(8)3)19-13-7-12(11(4)18)5-6-15-13/h5-7,11,18H,1-4H3/t11-/m1/s1. The van der Waals surface area contributed by atoms with Gasteiger partial charge in [-0.2, -0.15) is 0 Å². The van der Waals surface area contributed by atoms with Crippen molar-refractivity contribution in [2.24, 2.45) is 0 Å². The predicted molar refractivity (Wildman–Crippen MR) is 75.2 cm³/mol. The summed E-state index contributed by atoms with van der Waals surface area (Å²) in [5, 5.41) is 11.1. The molecular weight excluding hydrogens is 258 g/mol. The first kappa shape index (κ1) is 14.0. The van der Waals surface area contributed by atoms with Crippen LogP contribution in [0.2, 0.25) is 0 Å². The molecule has 0 spiro atoms. The van der Waals surface area contributed by atoms with Crippen LogP contribution in [0.15, 0.2) is 28.5 Å². The van der Waals surface area contributed by atoms with Crippen molar-refractivity contribution in [2.75, 3.05) is 0 Å². The van der Waals surface area contributed by atoms with Gasteiger partial charge in [-0.05, 0) is 62.7 Å². The zero-order chi connectivity index (χ0) is 14.0. The molecule has 0 aliphatic rings. The molecule has 1 atom stereocenters. The highest BCUT2D eigenvalue weighted by molar-refractivity contribution is 7.99. The van der Waals surface area contributed by atoms with Gasteiger partial charge in [0.05, 0.1) is 6.10 Å². The number of rotatable bonds is 3. The molecular formula is C14H17N3OS. The van der Waals surface area contributed by atoms with Crippen LogP contribution in [0, 0.1) is 20.8 Å². The summed E-state index contributed by atoms with van der Waals surface area (Å²) in [6.07, 6.45) is 1.20. The van der Waals surface area contributed by atoms with Crippen LogP contribution in [0.3, 0.4) is 0 Å². The molecule has 0 aromatic carbocycles. The quantitative estimate of drug-likeness (QED) is 0.873. The van der Waals surface area contributed by atoms with E-state index in [4.69, 9.17) is 0 Å². The molecule has 0 saturated heterocycles. The Morgan fingerprint density at radius 3 is 2.37 bits per heavy atom. The number of aryl methyl sites for hydroxylation is 2. The third kappa shape index (κ3) is 3.30. The summed E-state index contributed by atoms with van der Waals surface area (Å²) in [6, 6.07) is 3.67. The van der Waals surface area contributed by atoms with Crippen LogP contribution in [0.25, 0.3) is 0 Å². The number of aromatic nitrogens is 3. The van der Waals surface area contributed by atoms with Gasteiger partial charge in [0.1, 0.15) is 5.03 Å². The maximum absolute atomic E-state index is 9.57. The zero-order valence-electron chi connectivity index (χ0n) is 11.5. The van der Waals surface area contributed by atoms with Gasteiger partial charge in [-0.1, -0.05) is 0 Å². The smallest absolute Gasteiger partial charge is 0.194 e. The number of nitrogens with zero attached hydrogens (tertiary/aromatic N) is 3. The highest BCUT2D eigenvalue weighted by Crippen LogP contribution is 2.26. The number of aliphatic hydroxyl groups excluding tert-OH is 1. The van der Waals surface area contributed by atoms with E-state index >= 15 is 0 Å². The molecule has 2 heterocycles. The SMILES string of the molecule is Cc1nc(Sc2cc([C@@H](C)O)ccn2)nc(C)c1C. The van der Waals surface area contributed by atoms with Gasteiger partial charge in [0.15, 0.2) is 5.16 Å². The van der Waals surface area contributed by atoms with E-state index in [1.54, 1.807) is 19.2 Å². The van der Waals surface area contributed by atoms with Gasteiger partial charge in [0, 0.05) is 17.6 Å². The molecule has 2 aromatic rings. The second-order valence-electron chi connectivity index (χ2n) is 4.51. The summed E-state index contributed by atoms with van der Waals surface area (Å²) in [5.41, 5.74) is 3.94. The van der Waals surface area contributed by atoms with E-state index in [1.807, 2.05) is 26.8 Å². The third-order valence-corrected chi connectivity index (χ3v) is 3.85. The van der Waals surface area contributed by atoms with Crippen molar-refractivity contribution in [1.82, 2.24) is 15.0 Å². The molecule has 0 aliphatic heterocycles. The third-order valence-electron chi connectivity index (χ3n) is 3.05. The fourth-order valence-corrected chi connectivity index (χ4v) is 2.48. The number of pyridine rings is 1. The van der Waals surface area contributed by atoms with Crippen molar-refractivity contribution >= 4 is 11.8 Å². The zero-order valence-corrected chi connectivity index (χ0v) is 12.3. The maximum Gasteiger partial charge on any atom is 0.194 e. The van der Waals surface area contributed by atoms with Crippen molar-refractivity contribution in [3.05, 3.63) is 40.8 Å². The lowest BCUT2D eigenvalue weighted by Crippen LogP contribution is -1.98. The minimum atomic E-state index is -0.496. The van der Waals surface area contributed by atoms with Gasteiger partial charge in [-0.3, -0.25) is 0 Å². The molecule has 19 heavy (non-hydrogen) atoms. The van der Waals surface area contributed by atoms with Crippen LogP contribution < -0.4 is 0 Å². The summed E-state index contributed by atoms with van der Waals surface area (Å²) in [4.78, 5) is 13.2. The van der Waals surface area contributed by atoms with E-state index in [0.717, 1.165) is 27.5 Å². The van der Waals surface area contributed by atoms with E-state index < -0.39 is 6.10 Å². The topological polar surface area (TPSA) is 58.9 Å². The Balaban J connectivity index is 2.28. The molecule has 1 N–H and O–H groups in total. The molecule has 5 heteroatoms. The normalized spacial score (nSPS) is 12.5. The van der Waals surface area contributed by atoms with Gasteiger partial charge in [-0.25, -0.2) is 15.0 Å². The number of aliphatic hydroxyl groups is 1. The highest BCUT2D eigenvalue weighted by Gasteiger charge is 2.08. The van der Waals surface area contributed by atoms with Crippen molar-refractivity contribution < 1.29 is 5.11 Å². The molecule has 0 aliphatic carbocycles. The second kappa shape index (κ2) is 5.67. The predicted octanol–water partition coefficient (Wildman–Crippen LogP) is 3.00. The lowest BCUT2D eigenvalue weighted by molar-refractivity contribution is 0.199. The minimum absolute atomic E-state index is 0.496. The van der Waals surface area contributed by atoms with E-state index in [-0.39, 0.29) is 0 Å². The Hall–Kier alpha value is -1.46. The maximum atomic E-state index is 9.57. The molecule has 100 valence electrons. The summed E-state index contributed by atoms with van der Waals surface area (Å²) in [6.45, 7) is 7.72. The van der Waals surface area contributed by atoms with Crippen LogP contribution in [-0.2, 0) is 0 Å². The van der Waals surface area contributed by atoms with Gasteiger partial charge in [0.25, 0.3) is 0 Å². The Morgan fingerprint density at radius 1 is 1.16 bits per heavy atom. The fraction of sp³-hybridized carbons (Fsp3) is 0.357. The summed E-state index contributed by atoms with van der Waals surface area (Å²) in [5.74, 6) is 0. The molecule has 0 bridgehead atoms. The van der Waals surface area contributed by atoms with Crippen LogP contribution in [0.5, 0.6) is 0 Å². The monoisotopic (exact) mass is 275 g/mol. The fourth-order valence-electron chi connectivity index (χ4n) is 1.62. The average molecular weight is 275 g/mol. The van der Waals surface area contributed by atoms with E-state index in [1.165, 1.54) is 11.8 Å². The van der Waals surface area contributed by atoms with Crippen molar-refractivity contribution in [3.8, 4) is 0 Å². The Kier molecular flexibility index (Phi) is 4.17. The minimum Gasteiger partial charge on any atom is -0.389 e. The molecule has 0 unspecified atom stereocenters. The molecule has 2 rings (SSSR count). The first-order chi connectivity index (χ1) is 8.97. The highest BCUT2D eigenvalue weighted by atomic mass is 32.2. The van der Waals surface area contributed by atoms with Crippen LogP contribution in [0.4, 0.5) is 0 Å². The first-order valence-electron chi connectivity index (χ1n) is 6.11. The van der Waals surface area contributed by atoms with E-state index in [9.17, 15) is 5.11 Å². The Bertz CT molecular complexity index is 576. The van der Waals surface area contributed by atoms with Crippen LogP contribution in [-0.4, -0.2) is 20.1 Å². The first-order valence-corrected chi connectivity index (χ1v) is 6.92. The molecule has 0 saturated carbocycles. The number of hydrogen-bond acceptors (Lipinski definition) is 5. The van der Waals surface area contributed by atoms with Crippen molar-refractivity contribution in [3.63, 3.8) is 0 Å². The van der Waals surface area contributed by atoms with Crippen LogP contribution in [0.1, 0.15) is 35.5 Å². The summed E-state index contributed by atoms with van der Waals surface area (Å²) < 4.78 is 0. The number of hydrogen-bond donors (Lipinski definition) is 1. The van der Waals surface area contributed by atoms with Crippen molar-refractivity contribution in [2.45, 2.75) is 44.0 Å². The average Bonchev–Trinajstić information content (AvgIpc) is 2.36. The lowest BCUT2D eigenvalue weighted by atomic mass is 10.2. The van der Waals surface area contributed by atoms with Gasteiger partial charge >= 0.3 is 0 Å². The molecule has 0 fully saturated rings. The van der Waals surface area contributed by atoms with Gasteiger partial charge < -0.3 is 5.11 Å². The summed E-state index contributed by atoms with van der Waals surface area (Å²) in [7, 11) is 0. The van der Waals surface area contributed by atoms with Gasteiger partial charge in [0.2, 0.25) is 0 Å². The largest absolute Gasteiger partial charge is 0.389 e.